The zero-order valence-corrected chi connectivity index (χ0v) is 16.4. The fraction of sp³-hybridized carbons (Fsp3) is 0.526. The molecule has 0 aliphatic carbocycles. The van der Waals surface area contributed by atoms with Gasteiger partial charge in [-0.3, -0.25) is 9.69 Å². The Morgan fingerprint density at radius 2 is 1.93 bits per heavy atom. The zero-order valence-electron chi connectivity index (χ0n) is 16.4. The number of benzene rings is 1. The first-order valence-corrected chi connectivity index (χ1v) is 8.88. The summed E-state index contributed by atoms with van der Waals surface area (Å²) in [6.45, 7) is 4.33. The van der Waals surface area contributed by atoms with Crippen LogP contribution in [0.1, 0.15) is 26.3 Å². The smallest absolute Gasteiger partial charge is 0.413 e. The molecule has 1 aliphatic heterocycles. The first-order chi connectivity index (χ1) is 13.2. The van der Waals surface area contributed by atoms with Gasteiger partial charge in [-0.05, 0) is 26.3 Å². The highest BCUT2D eigenvalue weighted by atomic mass is 16.6. The fourth-order valence-corrected chi connectivity index (χ4v) is 3.15. The second kappa shape index (κ2) is 9.03. The maximum absolute atomic E-state index is 12.8. The first kappa shape index (κ1) is 21.6. The number of ether oxygens (including phenoxy) is 3. The van der Waals surface area contributed by atoms with Crippen LogP contribution < -0.4 is 5.32 Å². The first-order valence-electron chi connectivity index (χ1n) is 8.88. The summed E-state index contributed by atoms with van der Waals surface area (Å²) in [6.07, 6.45) is -1.38. The minimum atomic E-state index is -1.24. The third kappa shape index (κ3) is 4.79. The monoisotopic (exact) mass is 394 g/mol. The van der Waals surface area contributed by atoms with Crippen molar-refractivity contribution >= 4 is 18.0 Å². The molecule has 1 fully saturated rings. The van der Waals surface area contributed by atoms with E-state index in [9.17, 15) is 19.5 Å². The lowest BCUT2D eigenvalue weighted by atomic mass is 10.1. The molecular formula is C19H26N2O7. The van der Waals surface area contributed by atoms with E-state index in [4.69, 9.17) is 9.47 Å². The lowest BCUT2D eigenvalue weighted by Gasteiger charge is -2.32. The number of hydrogen-bond donors (Lipinski definition) is 2. The van der Waals surface area contributed by atoms with Crippen molar-refractivity contribution in [1.82, 2.24) is 10.2 Å². The minimum absolute atomic E-state index is 0.0381. The van der Waals surface area contributed by atoms with Crippen LogP contribution in [0.3, 0.4) is 0 Å². The van der Waals surface area contributed by atoms with Crippen LogP contribution in [0.5, 0.6) is 0 Å². The topological polar surface area (TPSA) is 114 Å². The van der Waals surface area contributed by atoms with Gasteiger partial charge in [0.05, 0.1) is 19.8 Å². The normalized spacial score (nSPS) is 21.7. The van der Waals surface area contributed by atoms with Crippen LogP contribution in [0.2, 0.25) is 0 Å². The highest BCUT2D eigenvalue weighted by Gasteiger charge is 2.52. The van der Waals surface area contributed by atoms with Crippen LogP contribution >= 0.6 is 0 Å². The summed E-state index contributed by atoms with van der Waals surface area (Å²) in [7, 11) is 1.15. The van der Waals surface area contributed by atoms with Gasteiger partial charge in [-0.1, -0.05) is 30.3 Å². The number of esters is 1. The van der Waals surface area contributed by atoms with Crippen LogP contribution in [0.15, 0.2) is 30.3 Å². The van der Waals surface area contributed by atoms with Gasteiger partial charge in [0.1, 0.15) is 18.4 Å². The van der Waals surface area contributed by atoms with Crippen molar-refractivity contribution in [3.05, 3.63) is 35.9 Å². The fourth-order valence-electron chi connectivity index (χ4n) is 3.15. The highest BCUT2D eigenvalue weighted by molar-refractivity contribution is 5.90. The van der Waals surface area contributed by atoms with E-state index in [1.165, 1.54) is 4.90 Å². The second-order valence-corrected chi connectivity index (χ2v) is 6.89. The van der Waals surface area contributed by atoms with E-state index in [2.05, 4.69) is 10.1 Å². The summed E-state index contributed by atoms with van der Waals surface area (Å²) in [4.78, 5) is 38.3. The molecule has 0 radical (unpaired) electrons. The number of nitrogens with zero attached hydrogens (tertiary/aromatic N) is 1. The third-order valence-corrected chi connectivity index (χ3v) is 4.43. The standard InChI is InChI=1S/C19H26N2O7/c1-12-15(16(23)20-14(10-22)17(24)26-4)21(19(2,3)28-12)18(25)27-11-13-8-6-5-7-9-13/h5-9,12,14-15,22H,10-11H2,1-4H3,(H,20,23)/t12-,14+,15+/m1/s1. The predicted octanol–water partition coefficient (Wildman–Crippen LogP) is 0.799. The van der Waals surface area contributed by atoms with Gasteiger partial charge in [-0.25, -0.2) is 9.59 Å². The van der Waals surface area contributed by atoms with Crippen LogP contribution in [-0.2, 0) is 30.4 Å². The van der Waals surface area contributed by atoms with E-state index in [1.807, 2.05) is 30.3 Å². The van der Waals surface area contributed by atoms with Gasteiger partial charge in [0.25, 0.3) is 0 Å². The van der Waals surface area contributed by atoms with Crippen molar-refractivity contribution in [2.75, 3.05) is 13.7 Å². The van der Waals surface area contributed by atoms with Gasteiger partial charge in [0.15, 0.2) is 6.04 Å². The highest BCUT2D eigenvalue weighted by Crippen LogP contribution is 2.33. The molecule has 9 nitrogen and oxygen atoms in total. The Kier molecular flexibility index (Phi) is 6.98. The number of nitrogens with one attached hydrogen (secondary N) is 1. The van der Waals surface area contributed by atoms with Crippen LogP contribution in [0, 0.1) is 0 Å². The predicted molar refractivity (Wildman–Crippen MR) is 97.9 cm³/mol. The number of rotatable bonds is 6. The molecule has 0 spiro atoms. The Morgan fingerprint density at radius 1 is 1.29 bits per heavy atom. The number of aliphatic hydroxyl groups excluding tert-OH is 1. The molecule has 154 valence electrons. The van der Waals surface area contributed by atoms with Crippen LogP contribution in [0.25, 0.3) is 0 Å². The number of amides is 2. The average molecular weight is 394 g/mol. The molecule has 1 heterocycles. The molecule has 1 aliphatic rings. The van der Waals surface area contributed by atoms with E-state index >= 15 is 0 Å². The summed E-state index contributed by atoms with van der Waals surface area (Å²) in [6, 6.07) is 6.84. The summed E-state index contributed by atoms with van der Waals surface area (Å²) >= 11 is 0. The molecule has 3 atom stereocenters. The summed E-state index contributed by atoms with van der Waals surface area (Å²) in [5.41, 5.74) is -0.302. The number of aliphatic hydroxyl groups is 1. The molecule has 0 saturated carbocycles. The molecule has 1 aromatic carbocycles. The van der Waals surface area contributed by atoms with Crippen molar-refractivity contribution in [3.8, 4) is 0 Å². The Balaban J connectivity index is 2.15. The van der Waals surface area contributed by atoms with Crippen molar-refractivity contribution in [2.45, 2.75) is 51.3 Å². The van der Waals surface area contributed by atoms with E-state index in [0.29, 0.717) is 0 Å². The van der Waals surface area contributed by atoms with Crippen LogP contribution in [-0.4, -0.2) is 65.6 Å². The molecule has 1 saturated heterocycles. The Labute approximate surface area is 163 Å². The van der Waals surface area contributed by atoms with Crippen molar-refractivity contribution in [3.63, 3.8) is 0 Å². The Hall–Kier alpha value is -2.65. The summed E-state index contributed by atoms with van der Waals surface area (Å²) in [5, 5.41) is 11.7. The molecule has 2 amide bonds. The molecule has 0 bridgehead atoms. The molecule has 2 rings (SSSR count). The number of carbonyl (C=O) groups is 3. The van der Waals surface area contributed by atoms with Crippen molar-refractivity contribution in [1.29, 1.82) is 0 Å². The molecule has 28 heavy (non-hydrogen) atoms. The van der Waals surface area contributed by atoms with Gasteiger partial charge in [0.2, 0.25) is 5.91 Å². The number of methoxy groups -OCH3 is 1. The van der Waals surface area contributed by atoms with Gasteiger partial charge in [-0.2, -0.15) is 0 Å². The number of carbonyl (C=O) groups excluding carboxylic acids is 3. The molecule has 0 aromatic heterocycles. The van der Waals surface area contributed by atoms with Gasteiger partial charge in [-0.15, -0.1) is 0 Å². The van der Waals surface area contributed by atoms with Crippen molar-refractivity contribution < 1.29 is 33.7 Å². The largest absolute Gasteiger partial charge is 0.467 e. The molecular weight excluding hydrogens is 368 g/mol. The van der Waals surface area contributed by atoms with Gasteiger partial charge < -0.3 is 24.6 Å². The minimum Gasteiger partial charge on any atom is -0.467 e. The second-order valence-electron chi connectivity index (χ2n) is 6.89. The lowest BCUT2D eigenvalue weighted by Crippen LogP contribution is -2.57. The zero-order chi connectivity index (χ0) is 20.9. The van der Waals surface area contributed by atoms with E-state index in [0.717, 1.165) is 12.7 Å². The average Bonchev–Trinajstić information content (AvgIpc) is 2.92. The lowest BCUT2D eigenvalue weighted by molar-refractivity contribution is -0.146. The van der Waals surface area contributed by atoms with Crippen LogP contribution in [0.4, 0.5) is 4.79 Å². The molecule has 9 heteroatoms. The maximum Gasteiger partial charge on any atom is 0.413 e. The van der Waals surface area contributed by atoms with Gasteiger partial charge in [0, 0.05) is 0 Å². The van der Waals surface area contributed by atoms with Crippen molar-refractivity contribution in [2.24, 2.45) is 0 Å². The van der Waals surface area contributed by atoms with E-state index < -0.39 is 48.5 Å². The quantitative estimate of drug-likeness (QED) is 0.686. The van der Waals surface area contributed by atoms with Gasteiger partial charge >= 0.3 is 12.1 Å². The third-order valence-electron chi connectivity index (χ3n) is 4.43. The SMILES string of the molecule is COC(=O)[C@H](CO)NC(=O)[C@@H]1[C@@H](C)OC(C)(C)N1C(=O)OCc1ccccc1. The summed E-state index contributed by atoms with van der Waals surface area (Å²) < 4.78 is 15.7. The number of hydrogen-bond acceptors (Lipinski definition) is 7. The van der Waals surface area contributed by atoms with E-state index in [-0.39, 0.29) is 6.61 Å². The summed E-state index contributed by atoms with van der Waals surface area (Å²) in [5.74, 6) is -1.45. The maximum atomic E-state index is 12.8. The molecule has 2 N–H and O–H groups in total. The van der Waals surface area contributed by atoms with E-state index in [1.54, 1.807) is 20.8 Å². The Morgan fingerprint density at radius 3 is 2.50 bits per heavy atom. The molecule has 0 unspecified atom stereocenters. The Bertz CT molecular complexity index is 707. The molecule has 1 aromatic rings.